The summed E-state index contributed by atoms with van der Waals surface area (Å²) in [7, 11) is 2.06. The van der Waals surface area contributed by atoms with Crippen molar-refractivity contribution in [3.8, 4) is 5.75 Å². The minimum atomic E-state index is 0.283. The van der Waals surface area contributed by atoms with Crippen LogP contribution in [-0.4, -0.2) is 41.8 Å². The first kappa shape index (κ1) is 12.3. The van der Waals surface area contributed by atoms with Gasteiger partial charge in [0.05, 0.1) is 12.3 Å². The molecule has 1 aromatic heterocycles. The van der Waals surface area contributed by atoms with Crippen molar-refractivity contribution in [3.63, 3.8) is 0 Å². The van der Waals surface area contributed by atoms with Crippen molar-refractivity contribution in [2.75, 3.05) is 26.8 Å². The van der Waals surface area contributed by atoms with Gasteiger partial charge in [0.15, 0.2) is 0 Å². The zero-order chi connectivity index (χ0) is 12.3. The molecule has 0 bridgehead atoms. The van der Waals surface area contributed by atoms with Crippen LogP contribution in [0.4, 0.5) is 0 Å². The molecule has 0 amide bonds. The summed E-state index contributed by atoms with van der Waals surface area (Å²) in [4.78, 5) is 6.56. The lowest BCUT2D eigenvalue weighted by molar-refractivity contribution is 0.172. The molecule has 1 unspecified atom stereocenters. The van der Waals surface area contributed by atoms with Crippen LogP contribution < -0.4 is 0 Å². The maximum absolute atomic E-state index is 9.73. The smallest absolute Gasteiger partial charge is 0.138 e. The number of aromatic hydroxyl groups is 1. The van der Waals surface area contributed by atoms with Crippen molar-refractivity contribution in [1.29, 1.82) is 0 Å². The summed E-state index contributed by atoms with van der Waals surface area (Å²) in [6.07, 6.45) is 1.14. The topological polar surface area (TPSA) is 45.6 Å². The zero-order valence-corrected chi connectivity index (χ0v) is 10.5. The number of hydrogen-bond acceptors (Lipinski definition) is 4. The fraction of sp³-hybridized carbons (Fsp3) is 0.615. The molecule has 2 heterocycles. The van der Waals surface area contributed by atoms with Crippen molar-refractivity contribution in [1.82, 2.24) is 9.88 Å². The van der Waals surface area contributed by atoms with Gasteiger partial charge in [0.25, 0.3) is 0 Å². The van der Waals surface area contributed by atoms with Crippen molar-refractivity contribution >= 4 is 0 Å². The second kappa shape index (κ2) is 5.47. The molecule has 1 saturated heterocycles. The monoisotopic (exact) mass is 236 g/mol. The van der Waals surface area contributed by atoms with E-state index >= 15 is 0 Å². The zero-order valence-electron chi connectivity index (χ0n) is 10.5. The Morgan fingerprint density at radius 1 is 1.53 bits per heavy atom. The second-order valence-electron chi connectivity index (χ2n) is 4.84. The summed E-state index contributed by atoms with van der Waals surface area (Å²) >= 11 is 0. The Hall–Kier alpha value is -1.13. The van der Waals surface area contributed by atoms with E-state index in [2.05, 4.69) is 16.9 Å². The molecule has 4 heteroatoms. The van der Waals surface area contributed by atoms with Crippen LogP contribution in [0.3, 0.4) is 0 Å². The summed E-state index contributed by atoms with van der Waals surface area (Å²) in [5.74, 6) is 0.900. The van der Waals surface area contributed by atoms with Crippen LogP contribution >= 0.6 is 0 Å². The average molecular weight is 236 g/mol. The first-order chi connectivity index (χ1) is 8.15. The molecule has 2 rings (SSSR count). The third-order valence-corrected chi connectivity index (χ3v) is 3.10. The molecule has 0 aromatic carbocycles. The van der Waals surface area contributed by atoms with Gasteiger partial charge in [-0.05, 0) is 38.4 Å². The Morgan fingerprint density at radius 2 is 2.35 bits per heavy atom. The molecule has 1 atom stereocenters. The van der Waals surface area contributed by atoms with Gasteiger partial charge in [-0.2, -0.15) is 0 Å². The van der Waals surface area contributed by atoms with Gasteiger partial charge in [0, 0.05) is 25.4 Å². The number of aryl methyl sites for hydroxylation is 1. The van der Waals surface area contributed by atoms with Crippen LogP contribution in [0, 0.1) is 12.8 Å². The number of rotatable bonds is 4. The molecule has 1 aliphatic rings. The van der Waals surface area contributed by atoms with Crippen molar-refractivity contribution in [2.45, 2.75) is 19.9 Å². The minimum Gasteiger partial charge on any atom is -0.506 e. The van der Waals surface area contributed by atoms with E-state index in [1.54, 1.807) is 6.07 Å². The maximum Gasteiger partial charge on any atom is 0.138 e. The lowest BCUT2D eigenvalue weighted by Crippen LogP contribution is -2.26. The van der Waals surface area contributed by atoms with E-state index in [4.69, 9.17) is 4.74 Å². The Kier molecular flexibility index (Phi) is 3.97. The minimum absolute atomic E-state index is 0.283. The highest BCUT2D eigenvalue weighted by molar-refractivity contribution is 5.27. The maximum atomic E-state index is 9.73. The van der Waals surface area contributed by atoms with Crippen LogP contribution in [0.25, 0.3) is 0 Å². The predicted octanol–water partition coefficient (Wildman–Crippen LogP) is 1.56. The summed E-state index contributed by atoms with van der Waals surface area (Å²) in [6, 6.07) is 3.54. The summed E-state index contributed by atoms with van der Waals surface area (Å²) in [5, 5.41) is 9.73. The molecule has 4 nitrogen and oxygen atoms in total. The predicted molar refractivity (Wildman–Crippen MR) is 65.9 cm³/mol. The molecule has 0 saturated carbocycles. The molecule has 0 radical (unpaired) electrons. The first-order valence-electron chi connectivity index (χ1n) is 6.07. The van der Waals surface area contributed by atoms with Crippen LogP contribution in [-0.2, 0) is 11.3 Å². The van der Waals surface area contributed by atoms with Gasteiger partial charge in [-0.15, -0.1) is 0 Å². The van der Waals surface area contributed by atoms with E-state index in [1.165, 1.54) is 0 Å². The molecule has 17 heavy (non-hydrogen) atoms. The molecular weight excluding hydrogens is 216 g/mol. The molecule has 1 fully saturated rings. The molecule has 94 valence electrons. The number of pyridine rings is 1. The SMILES string of the molecule is Cc1ccc(O)c(CN(C)CC2CCOC2)n1. The van der Waals surface area contributed by atoms with E-state index in [1.807, 2.05) is 13.0 Å². The van der Waals surface area contributed by atoms with Gasteiger partial charge in [-0.25, -0.2) is 0 Å². The average Bonchev–Trinajstić information content (AvgIpc) is 2.76. The summed E-state index contributed by atoms with van der Waals surface area (Å²) in [6.45, 7) is 5.36. The lowest BCUT2D eigenvalue weighted by atomic mass is 10.1. The normalized spacial score (nSPS) is 20.1. The Labute approximate surface area is 102 Å². The first-order valence-corrected chi connectivity index (χ1v) is 6.07. The third kappa shape index (κ3) is 3.41. The molecule has 0 aliphatic carbocycles. The van der Waals surface area contributed by atoms with Crippen molar-refractivity contribution in [2.24, 2.45) is 5.92 Å². The molecular formula is C13H20N2O2. The fourth-order valence-corrected chi connectivity index (χ4v) is 2.21. The van der Waals surface area contributed by atoms with Gasteiger partial charge >= 0.3 is 0 Å². The van der Waals surface area contributed by atoms with E-state index in [-0.39, 0.29) is 5.75 Å². The number of hydrogen-bond donors (Lipinski definition) is 1. The highest BCUT2D eigenvalue weighted by atomic mass is 16.5. The van der Waals surface area contributed by atoms with E-state index in [9.17, 15) is 5.11 Å². The van der Waals surface area contributed by atoms with Crippen molar-refractivity contribution in [3.05, 3.63) is 23.5 Å². The van der Waals surface area contributed by atoms with Crippen LogP contribution in [0.2, 0.25) is 0 Å². The second-order valence-corrected chi connectivity index (χ2v) is 4.84. The number of ether oxygens (including phenoxy) is 1. The van der Waals surface area contributed by atoms with Crippen LogP contribution in [0.1, 0.15) is 17.8 Å². The summed E-state index contributed by atoms with van der Waals surface area (Å²) < 4.78 is 5.36. The van der Waals surface area contributed by atoms with Crippen LogP contribution in [0.5, 0.6) is 5.75 Å². The highest BCUT2D eigenvalue weighted by Crippen LogP contribution is 2.18. The van der Waals surface area contributed by atoms with Gasteiger partial charge in [-0.3, -0.25) is 4.98 Å². The van der Waals surface area contributed by atoms with E-state index in [0.29, 0.717) is 12.5 Å². The Balaban J connectivity index is 1.92. The van der Waals surface area contributed by atoms with Gasteiger partial charge in [-0.1, -0.05) is 0 Å². The molecule has 1 aliphatic heterocycles. The Morgan fingerprint density at radius 3 is 3.06 bits per heavy atom. The van der Waals surface area contributed by atoms with Gasteiger partial charge in [0.2, 0.25) is 0 Å². The van der Waals surface area contributed by atoms with Gasteiger partial charge < -0.3 is 14.7 Å². The summed E-state index contributed by atoms with van der Waals surface area (Å²) in [5.41, 5.74) is 1.70. The number of nitrogens with zero attached hydrogens (tertiary/aromatic N) is 2. The van der Waals surface area contributed by atoms with Gasteiger partial charge in [0.1, 0.15) is 5.75 Å². The lowest BCUT2D eigenvalue weighted by Gasteiger charge is -2.20. The fourth-order valence-electron chi connectivity index (χ4n) is 2.21. The molecule has 0 spiro atoms. The van der Waals surface area contributed by atoms with Crippen LogP contribution in [0.15, 0.2) is 12.1 Å². The highest BCUT2D eigenvalue weighted by Gasteiger charge is 2.18. The van der Waals surface area contributed by atoms with E-state index in [0.717, 1.165) is 37.6 Å². The van der Waals surface area contributed by atoms with E-state index < -0.39 is 0 Å². The molecule has 1 aromatic rings. The quantitative estimate of drug-likeness (QED) is 0.862. The Bertz CT molecular complexity index is 376. The standard InChI is InChI=1S/C13H20N2O2/c1-10-3-4-13(16)12(14-10)8-15(2)7-11-5-6-17-9-11/h3-4,11,16H,5-9H2,1-2H3. The largest absolute Gasteiger partial charge is 0.506 e. The molecule has 1 N–H and O–H groups in total. The van der Waals surface area contributed by atoms with Crippen molar-refractivity contribution < 1.29 is 9.84 Å². The number of aromatic nitrogens is 1. The third-order valence-electron chi connectivity index (χ3n) is 3.10.